The second-order valence-electron chi connectivity index (χ2n) is 3.88. The average Bonchev–Trinajstić information content (AvgIpc) is 2.01. The third-order valence-electron chi connectivity index (χ3n) is 3.57. The summed E-state index contributed by atoms with van der Waals surface area (Å²) in [6.45, 7) is 0. The van der Waals surface area contributed by atoms with Crippen LogP contribution in [0.25, 0.3) is 0 Å². The van der Waals surface area contributed by atoms with Crippen molar-refractivity contribution in [3.8, 4) is 0 Å². The number of carbonyl (C=O) groups excluding carboxylic acids is 1. The van der Waals surface area contributed by atoms with Gasteiger partial charge >= 0.3 is 0 Å². The lowest BCUT2D eigenvalue weighted by molar-refractivity contribution is -0.134. The third-order valence-corrected chi connectivity index (χ3v) is 3.57. The molecule has 0 unspecified atom stereocenters. The van der Waals surface area contributed by atoms with E-state index in [-0.39, 0.29) is 0 Å². The van der Waals surface area contributed by atoms with Gasteiger partial charge in [0.05, 0.1) is 5.92 Å². The predicted octanol–water partition coefficient (Wildman–Crippen LogP) is 0.531. The van der Waals surface area contributed by atoms with E-state index in [1.165, 1.54) is 19.3 Å². The smallest absolute Gasteiger partial charge is 0.225 e. The molecule has 54 valence electrons. The highest BCUT2D eigenvalue weighted by Gasteiger charge is 2.56. The molecule has 1 amide bonds. The summed E-state index contributed by atoms with van der Waals surface area (Å²) >= 11 is 0. The maximum atomic E-state index is 10.9. The van der Waals surface area contributed by atoms with E-state index in [0.29, 0.717) is 17.9 Å². The number of nitrogens with one attached hydrogen (secondary N) is 1. The Morgan fingerprint density at radius 1 is 1.40 bits per heavy atom. The monoisotopic (exact) mass is 137 g/mol. The lowest BCUT2D eigenvalue weighted by Crippen LogP contribution is -2.58. The maximum Gasteiger partial charge on any atom is 0.225 e. The Morgan fingerprint density at radius 2 is 2.30 bits per heavy atom. The Labute approximate surface area is 60.0 Å². The summed E-state index contributed by atoms with van der Waals surface area (Å²) in [4.78, 5) is 10.9. The molecule has 4 atom stereocenters. The van der Waals surface area contributed by atoms with Crippen molar-refractivity contribution in [2.24, 2.45) is 17.8 Å². The van der Waals surface area contributed by atoms with Crippen LogP contribution in [0, 0.1) is 17.8 Å². The molecule has 3 fully saturated rings. The fraction of sp³-hybridized carbons (Fsp3) is 0.875. The minimum Gasteiger partial charge on any atom is -0.352 e. The van der Waals surface area contributed by atoms with Gasteiger partial charge in [-0.1, -0.05) is 0 Å². The van der Waals surface area contributed by atoms with Gasteiger partial charge in [0.25, 0.3) is 0 Å². The second kappa shape index (κ2) is 1.39. The van der Waals surface area contributed by atoms with Gasteiger partial charge in [0.1, 0.15) is 0 Å². The molecule has 2 aliphatic carbocycles. The molecular formula is C8H11NO. The molecule has 3 rings (SSSR count). The Bertz CT molecular complexity index is 201. The van der Waals surface area contributed by atoms with Crippen molar-refractivity contribution in [1.29, 1.82) is 0 Å². The van der Waals surface area contributed by atoms with Gasteiger partial charge in [-0.3, -0.25) is 4.79 Å². The van der Waals surface area contributed by atoms with E-state index < -0.39 is 0 Å². The van der Waals surface area contributed by atoms with Gasteiger partial charge in [-0.2, -0.15) is 0 Å². The molecule has 0 aromatic carbocycles. The first kappa shape index (κ1) is 5.16. The summed E-state index contributed by atoms with van der Waals surface area (Å²) in [5.41, 5.74) is 0. The Balaban J connectivity index is 1.88. The van der Waals surface area contributed by atoms with E-state index in [9.17, 15) is 4.79 Å². The Morgan fingerprint density at radius 3 is 2.80 bits per heavy atom. The average molecular weight is 137 g/mol. The minimum atomic E-state index is 0.319. The number of rotatable bonds is 0. The standard InChI is InChI=1S/C8H11NO/c10-8-6-3-4-1-2-5(4)7(6)9-8/h4-7H,1-3H2,(H,9,10)/t4-,5-,6+,7+/m1/s1. The predicted molar refractivity (Wildman–Crippen MR) is 36.3 cm³/mol. The number of β-lactam (4-membered cyclic amide) rings is 1. The van der Waals surface area contributed by atoms with Gasteiger partial charge in [0.2, 0.25) is 5.91 Å². The Kier molecular flexibility index (Phi) is 0.715. The molecule has 0 aromatic heterocycles. The van der Waals surface area contributed by atoms with E-state index in [0.717, 1.165) is 11.8 Å². The molecule has 1 heterocycles. The van der Waals surface area contributed by atoms with Gasteiger partial charge in [-0.15, -0.1) is 0 Å². The zero-order chi connectivity index (χ0) is 6.72. The minimum absolute atomic E-state index is 0.319. The van der Waals surface area contributed by atoms with Crippen molar-refractivity contribution in [2.45, 2.75) is 25.3 Å². The Hall–Kier alpha value is -0.530. The molecule has 0 bridgehead atoms. The largest absolute Gasteiger partial charge is 0.352 e. The molecule has 3 aliphatic rings. The van der Waals surface area contributed by atoms with Gasteiger partial charge in [0.15, 0.2) is 0 Å². The van der Waals surface area contributed by atoms with E-state index in [4.69, 9.17) is 0 Å². The van der Waals surface area contributed by atoms with Crippen LogP contribution < -0.4 is 5.32 Å². The van der Waals surface area contributed by atoms with Crippen LogP contribution in [0.4, 0.5) is 0 Å². The van der Waals surface area contributed by atoms with Crippen molar-refractivity contribution < 1.29 is 4.79 Å². The molecule has 2 nitrogen and oxygen atoms in total. The second-order valence-corrected chi connectivity index (χ2v) is 3.88. The summed E-state index contributed by atoms with van der Waals surface area (Å²) in [5, 5.41) is 3.00. The summed E-state index contributed by atoms with van der Waals surface area (Å²) in [5.74, 6) is 2.54. The fourth-order valence-corrected chi connectivity index (χ4v) is 2.78. The number of hydrogen-bond donors (Lipinski definition) is 1. The summed E-state index contributed by atoms with van der Waals surface area (Å²) in [6, 6.07) is 0.603. The first-order chi connectivity index (χ1) is 4.86. The van der Waals surface area contributed by atoms with Crippen LogP contribution in [0.3, 0.4) is 0 Å². The van der Waals surface area contributed by atoms with Crippen molar-refractivity contribution in [2.75, 3.05) is 0 Å². The van der Waals surface area contributed by atoms with E-state index in [1.54, 1.807) is 0 Å². The number of carbonyl (C=O) groups is 1. The highest BCUT2D eigenvalue weighted by Crippen LogP contribution is 2.52. The highest BCUT2D eigenvalue weighted by molar-refractivity contribution is 5.86. The lowest BCUT2D eigenvalue weighted by Gasteiger charge is -2.38. The first-order valence-electron chi connectivity index (χ1n) is 4.16. The van der Waals surface area contributed by atoms with Crippen molar-refractivity contribution in [3.63, 3.8) is 0 Å². The van der Waals surface area contributed by atoms with Crippen molar-refractivity contribution in [3.05, 3.63) is 0 Å². The van der Waals surface area contributed by atoms with Crippen LogP contribution in [0.1, 0.15) is 19.3 Å². The van der Waals surface area contributed by atoms with Crippen LogP contribution in [-0.4, -0.2) is 11.9 Å². The fourth-order valence-electron chi connectivity index (χ4n) is 2.78. The first-order valence-corrected chi connectivity index (χ1v) is 4.16. The van der Waals surface area contributed by atoms with E-state index in [1.807, 2.05) is 0 Å². The van der Waals surface area contributed by atoms with Crippen molar-refractivity contribution >= 4 is 5.91 Å². The molecular weight excluding hydrogens is 126 g/mol. The van der Waals surface area contributed by atoms with E-state index >= 15 is 0 Å². The van der Waals surface area contributed by atoms with E-state index in [2.05, 4.69) is 5.32 Å². The highest BCUT2D eigenvalue weighted by atomic mass is 16.2. The lowest BCUT2D eigenvalue weighted by atomic mass is 9.74. The molecule has 1 N–H and O–H groups in total. The van der Waals surface area contributed by atoms with Gasteiger partial charge in [0, 0.05) is 6.04 Å². The zero-order valence-electron chi connectivity index (χ0n) is 5.84. The molecule has 0 spiro atoms. The summed E-state index contributed by atoms with van der Waals surface area (Å²) < 4.78 is 0. The maximum absolute atomic E-state index is 10.9. The SMILES string of the molecule is O=C1N[C@H]2[C@@H]3CC[C@@H]3C[C@H]12. The molecule has 1 saturated heterocycles. The number of amides is 1. The normalized spacial score (nSPS) is 55.8. The van der Waals surface area contributed by atoms with Crippen LogP contribution >= 0.6 is 0 Å². The third kappa shape index (κ3) is 0.386. The summed E-state index contributed by atoms with van der Waals surface area (Å²) in [7, 11) is 0. The van der Waals surface area contributed by atoms with Crippen molar-refractivity contribution in [1.82, 2.24) is 5.32 Å². The molecule has 1 aliphatic heterocycles. The number of hydrogen-bond acceptors (Lipinski definition) is 1. The molecule has 2 saturated carbocycles. The quantitative estimate of drug-likeness (QED) is 0.485. The molecule has 0 radical (unpaired) electrons. The van der Waals surface area contributed by atoms with Crippen LogP contribution in [0.2, 0.25) is 0 Å². The van der Waals surface area contributed by atoms with Crippen LogP contribution in [0.15, 0.2) is 0 Å². The topological polar surface area (TPSA) is 29.1 Å². The van der Waals surface area contributed by atoms with Gasteiger partial charge in [-0.25, -0.2) is 0 Å². The summed E-state index contributed by atoms with van der Waals surface area (Å²) in [6.07, 6.45) is 3.94. The van der Waals surface area contributed by atoms with Gasteiger partial charge < -0.3 is 5.32 Å². The number of fused-ring (bicyclic) bond motifs is 3. The van der Waals surface area contributed by atoms with Crippen LogP contribution in [-0.2, 0) is 4.79 Å². The van der Waals surface area contributed by atoms with Crippen LogP contribution in [0.5, 0.6) is 0 Å². The molecule has 10 heavy (non-hydrogen) atoms. The van der Waals surface area contributed by atoms with Gasteiger partial charge in [-0.05, 0) is 31.1 Å². The molecule has 0 aromatic rings. The molecule has 2 heteroatoms. The zero-order valence-corrected chi connectivity index (χ0v) is 5.84.